The molecule has 0 aromatic carbocycles. The van der Waals surface area contributed by atoms with Gasteiger partial charge in [-0.15, -0.1) is 0 Å². The molecule has 1 aliphatic carbocycles. The predicted octanol–water partition coefficient (Wildman–Crippen LogP) is 1.89. The predicted molar refractivity (Wildman–Crippen MR) is 60.4 cm³/mol. The van der Waals surface area contributed by atoms with Crippen LogP contribution in [0.3, 0.4) is 0 Å². The monoisotopic (exact) mass is 210 g/mol. The summed E-state index contributed by atoms with van der Waals surface area (Å²) in [5.74, 6) is 0.965. The molecule has 3 atom stereocenters. The van der Waals surface area contributed by atoms with Crippen molar-refractivity contribution in [3.63, 3.8) is 0 Å². The fourth-order valence-corrected chi connectivity index (χ4v) is 2.39. The van der Waals surface area contributed by atoms with Crippen LogP contribution in [-0.4, -0.2) is 38.3 Å². The molecule has 1 rings (SSSR count). The lowest BCUT2D eigenvalue weighted by Gasteiger charge is -2.37. The number of nitriles is 1. The summed E-state index contributed by atoms with van der Waals surface area (Å²) in [6, 6.07) is 2.87. The molecule has 86 valence electrons. The van der Waals surface area contributed by atoms with E-state index in [9.17, 15) is 0 Å². The summed E-state index contributed by atoms with van der Waals surface area (Å²) in [4.78, 5) is 2.28. The molecule has 0 aromatic rings. The number of rotatable bonds is 4. The smallest absolute Gasteiger partial charge is 0.0672 e. The summed E-state index contributed by atoms with van der Waals surface area (Å²) in [5.41, 5.74) is 0. The topological polar surface area (TPSA) is 36.3 Å². The highest BCUT2D eigenvalue weighted by Gasteiger charge is 2.31. The molecule has 3 nitrogen and oxygen atoms in total. The van der Waals surface area contributed by atoms with Gasteiger partial charge in [0.15, 0.2) is 0 Å². The van der Waals surface area contributed by atoms with Gasteiger partial charge in [-0.1, -0.05) is 6.92 Å². The van der Waals surface area contributed by atoms with Crippen LogP contribution in [0, 0.1) is 23.2 Å². The van der Waals surface area contributed by atoms with Crippen molar-refractivity contribution < 1.29 is 4.74 Å². The van der Waals surface area contributed by atoms with E-state index < -0.39 is 0 Å². The van der Waals surface area contributed by atoms with Crippen LogP contribution < -0.4 is 0 Å². The zero-order chi connectivity index (χ0) is 11.3. The van der Waals surface area contributed by atoms with Crippen LogP contribution in [0.15, 0.2) is 0 Å². The largest absolute Gasteiger partial charge is 0.383 e. The standard InChI is InChI=1S/C12H22N2O/c1-10-4-5-11(9-13)12(8-10)14(2)6-7-15-3/h10-12H,4-8H2,1-3H3. The zero-order valence-electron chi connectivity index (χ0n) is 10.1. The van der Waals surface area contributed by atoms with Gasteiger partial charge in [-0.2, -0.15) is 5.26 Å². The Bertz CT molecular complexity index is 224. The Morgan fingerprint density at radius 2 is 2.20 bits per heavy atom. The number of likely N-dealkylation sites (N-methyl/N-ethyl adjacent to an activating group) is 1. The van der Waals surface area contributed by atoms with Crippen LogP contribution in [0.1, 0.15) is 26.2 Å². The van der Waals surface area contributed by atoms with Crippen molar-refractivity contribution in [1.29, 1.82) is 5.26 Å². The van der Waals surface area contributed by atoms with Crippen molar-refractivity contribution in [1.82, 2.24) is 4.90 Å². The molecule has 1 fully saturated rings. The molecule has 0 bridgehead atoms. The SMILES string of the molecule is COCCN(C)C1CC(C)CCC1C#N. The van der Waals surface area contributed by atoms with Crippen molar-refractivity contribution >= 4 is 0 Å². The van der Waals surface area contributed by atoms with E-state index in [-0.39, 0.29) is 5.92 Å². The quantitative estimate of drug-likeness (QED) is 0.711. The van der Waals surface area contributed by atoms with Crippen molar-refractivity contribution in [2.75, 3.05) is 27.3 Å². The van der Waals surface area contributed by atoms with E-state index in [0.29, 0.717) is 6.04 Å². The van der Waals surface area contributed by atoms with E-state index in [1.165, 1.54) is 6.42 Å². The van der Waals surface area contributed by atoms with Crippen LogP contribution in [-0.2, 0) is 4.74 Å². The first-order valence-corrected chi connectivity index (χ1v) is 5.77. The molecule has 3 unspecified atom stereocenters. The van der Waals surface area contributed by atoms with E-state index in [4.69, 9.17) is 10.00 Å². The number of nitrogens with zero attached hydrogens (tertiary/aromatic N) is 2. The first-order chi connectivity index (χ1) is 7.19. The van der Waals surface area contributed by atoms with E-state index >= 15 is 0 Å². The Morgan fingerprint density at radius 3 is 2.80 bits per heavy atom. The molecule has 0 saturated heterocycles. The summed E-state index contributed by atoms with van der Waals surface area (Å²) in [5, 5.41) is 9.11. The molecule has 0 aromatic heterocycles. The second-order valence-corrected chi connectivity index (χ2v) is 4.69. The Morgan fingerprint density at radius 1 is 1.47 bits per heavy atom. The molecule has 0 aliphatic heterocycles. The van der Waals surface area contributed by atoms with E-state index in [2.05, 4.69) is 24.9 Å². The molecule has 0 radical (unpaired) electrons. The first kappa shape index (κ1) is 12.5. The van der Waals surface area contributed by atoms with Crippen molar-refractivity contribution in [3.8, 4) is 6.07 Å². The summed E-state index contributed by atoms with van der Waals surface area (Å²) in [6.07, 6.45) is 3.41. The van der Waals surface area contributed by atoms with Gasteiger partial charge in [0.1, 0.15) is 0 Å². The maximum atomic E-state index is 9.11. The highest BCUT2D eigenvalue weighted by Crippen LogP contribution is 2.31. The normalized spacial score (nSPS) is 31.5. The van der Waals surface area contributed by atoms with Gasteiger partial charge in [-0.3, -0.25) is 4.90 Å². The number of ether oxygens (including phenoxy) is 1. The third-order valence-corrected chi connectivity index (χ3v) is 3.46. The third-order valence-electron chi connectivity index (χ3n) is 3.46. The molecule has 1 aliphatic rings. The van der Waals surface area contributed by atoms with Crippen LogP contribution in [0.25, 0.3) is 0 Å². The van der Waals surface area contributed by atoms with Gasteiger partial charge in [-0.05, 0) is 32.2 Å². The van der Waals surface area contributed by atoms with Gasteiger partial charge in [0, 0.05) is 19.7 Å². The number of hydrogen-bond acceptors (Lipinski definition) is 3. The van der Waals surface area contributed by atoms with E-state index in [1.807, 2.05) is 0 Å². The number of methoxy groups -OCH3 is 1. The van der Waals surface area contributed by atoms with Gasteiger partial charge in [0.25, 0.3) is 0 Å². The number of hydrogen-bond donors (Lipinski definition) is 0. The maximum absolute atomic E-state index is 9.11. The Kier molecular flexibility index (Phi) is 5.07. The lowest BCUT2D eigenvalue weighted by molar-refractivity contribution is 0.0933. The second kappa shape index (κ2) is 6.09. The summed E-state index contributed by atoms with van der Waals surface area (Å²) in [7, 11) is 3.82. The van der Waals surface area contributed by atoms with Gasteiger partial charge in [-0.25, -0.2) is 0 Å². The Hall–Kier alpha value is -0.590. The molecule has 0 N–H and O–H groups in total. The summed E-state index contributed by atoms with van der Waals surface area (Å²) in [6.45, 7) is 3.95. The Balaban J connectivity index is 2.51. The minimum absolute atomic E-state index is 0.211. The first-order valence-electron chi connectivity index (χ1n) is 5.77. The average molecular weight is 210 g/mol. The molecular formula is C12H22N2O. The van der Waals surface area contributed by atoms with Crippen LogP contribution in [0.4, 0.5) is 0 Å². The van der Waals surface area contributed by atoms with E-state index in [0.717, 1.165) is 31.9 Å². The third kappa shape index (κ3) is 3.48. The summed E-state index contributed by atoms with van der Waals surface area (Å²) < 4.78 is 5.07. The zero-order valence-corrected chi connectivity index (χ0v) is 10.1. The fraction of sp³-hybridized carbons (Fsp3) is 0.917. The van der Waals surface area contributed by atoms with Gasteiger partial charge in [0.2, 0.25) is 0 Å². The molecular weight excluding hydrogens is 188 g/mol. The lowest BCUT2D eigenvalue weighted by atomic mass is 9.79. The second-order valence-electron chi connectivity index (χ2n) is 4.69. The van der Waals surface area contributed by atoms with Crippen molar-refractivity contribution in [2.24, 2.45) is 11.8 Å². The highest BCUT2D eigenvalue weighted by atomic mass is 16.5. The van der Waals surface area contributed by atoms with Gasteiger partial charge >= 0.3 is 0 Å². The molecule has 0 spiro atoms. The summed E-state index contributed by atoms with van der Waals surface area (Å²) >= 11 is 0. The molecule has 3 heteroatoms. The van der Waals surface area contributed by atoms with Crippen molar-refractivity contribution in [2.45, 2.75) is 32.2 Å². The van der Waals surface area contributed by atoms with Gasteiger partial charge < -0.3 is 4.74 Å². The van der Waals surface area contributed by atoms with E-state index in [1.54, 1.807) is 7.11 Å². The Labute approximate surface area is 93.0 Å². The maximum Gasteiger partial charge on any atom is 0.0672 e. The van der Waals surface area contributed by atoms with Crippen LogP contribution >= 0.6 is 0 Å². The average Bonchev–Trinajstić information content (AvgIpc) is 2.25. The molecule has 15 heavy (non-hydrogen) atoms. The van der Waals surface area contributed by atoms with Crippen molar-refractivity contribution in [3.05, 3.63) is 0 Å². The fourth-order valence-electron chi connectivity index (χ4n) is 2.39. The van der Waals surface area contributed by atoms with Gasteiger partial charge in [0.05, 0.1) is 18.6 Å². The van der Waals surface area contributed by atoms with Crippen LogP contribution in [0.2, 0.25) is 0 Å². The molecule has 0 amide bonds. The van der Waals surface area contributed by atoms with Crippen LogP contribution in [0.5, 0.6) is 0 Å². The highest BCUT2D eigenvalue weighted by molar-refractivity contribution is 4.96. The minimum Gasteiger partial charge on any atom is -0.383 e. The molecule has 0 heterocycles. The molecule has 1 saturated carbocycles. The minimum atomic E-state index is 0.211. The lowest BCUT2D eigenvalue weighted by Crippen LogP contribution is -2.42.